The molecule has 0 radical (unpaired) electrons. The Morgan fingerprint density at radius 3 is 1.43 bits per heavy atom. The molecule has 0 aromatic heterocycles. The normalized spacial score (nSPS) is 10.5. The van der Waals surface area contributed by atoms with Crippen LogP contribution in [0, 0.1) is 0 Å². The van der Waals surface area contributed by atoms with Crippen molar-refractivity contribution in [3.63, 3.8) is 0 Å². The summed E-state index contributed by atoms with van der Waals surface area (Å²) in [5.74, 6) is 0. The molecule has 1 aromatic rings. The van der Waals surface area contributed by atoms with Gasteiger partial charge >= 0.3 is 0 Å². The maximum atomic E-state index is 2.42. The van der Waals surface area contributed by atoms with E-state index in [0.29, 0.717) is 0 Å². The molecule has 30 heavy (non-hydrogen) atoms. The van der Waals surface area contributed by atoms with Gasteiger partial charge in [0.25, 0.3) is 0 Å². The summed E-state index contributed by atoms with van der Waals surface area (Å²) in [4.78, 5) is 2.42. The monoisotopic (exact) mass is 435 g/mol. The van der Waals surface area contributed by atoms with Crippen molar-refractivity contribution in [3.8, 4) is 0 Å². The van der Waals surface area contributed by atoms with E-state index >= 15 is 0 Å². The molecular weight excluding hydrogens is 386 g/mol. The summed E-state index contributed by atoms with van der Waals surface area (Å²) < 4.78 is 0. The third kappa shape index (κ3) is 16.8. The fraction of sp³-hybridized carbons (Fsp3) is 0.714. The van der Waals surface area contributed by atoms with E-state index in [9.17, 15) is 0 Å². The first-order valence-electron chi connectivity index (χ1n) is 12.7. The van der Waals surface area contributed by atoms with Gasteiger partial charge in [0, 0.05) is 18.4 Å². The van der Waals surface area contributed by atoms with Crippen molar-refractivity contribution >= 4 is 18.1 Å². The predicted octanol–water partition coefficient (Wildman–Crippen LogP) is 10.1. The average Bonchev–Trinajstić information content (AvgIpc) is 2.73. The van der Waals surface area contributed by atoms with Gasteiger partial charge in [0.05, 0.1) is 0 Å². The van der Waals surface area contributed by atoms with Crippen LogP contribution in [-0.2, 0) is 0 Å². The predicted molar refractivity (Wildman–Crippen MR) is 140 cm³/mol. The lowest BCUT2D eigenvalue weighted by Crippen LogP contribution is -2.17. The molecule has 0 saturated carbocycles. The summed E-state index contributed by atoms with van der Waals surface area (Å²) in [6.45, 7) is 7.80. The molecule has 0 amide bonds. The van der Waals surface area contributed by atoms with Gasteiger partial charge in [-0.05, 0) is 32.4 Å². The van der Waals surface area contributed by atoms with Crippen LogP contribution in [0.1, 0.15) is 124 Å². The third-order valence-corrected chi connectivity index (χ3v) is 5.75. The molecule has 0 saturated heterocycles. The molecule has 0 aliphatic rings. The van der Waals surface area contributed by atoms with Crippen molar-refractivity contribution in [2.75, 3.05) is 11.4 Å². The minimum absolute atomic E-state index is 0. The van der Waals surface area contributed by atoms with Crippen molar-refractivity contribution in [1.29, 1.82) is 0 Å². The summed E-state index contributed by atoms with van der Waals surface area (Å²) in [5, 5.41) is 0. The van der Waals surface area contributed by atoms with Crippen LogP contribution in [0.4, 0.5) is 5.69 Å². The molecule has 0 aliphatic heterocycles. The largest absolute Gasteiger partial charge is 0.348 e. The molecule has 0 unspecified atom stereocenters. The zero-order valence-corrected chi connectivity index (χ0v) is 21.2. The van der Waals surface area contributed by atoms with E-state index in [4.69, 9.17) is 0 Å². The third-order valence-electron chi connectivity index (χ3n) is 5.75. The molecule has 0 fully saturated rings. The number of unbranched alkanes of at least 4 members (excludes halogenated alkanes) is 15. The van der Waals surface area contributed by atoms with E-state index in [-0.39, 0.29) is 12.4 Å². The molecule has 1 rings (SSSR count). The van der Waals surface area contributed by atoms with Gasteiger partial charge in [-0.15, -0.1) is 12.4 Å². The fourth-order valence-corrected chi connectivity index (χ4v) is 4.03. The highest BCUT2D eigenvalue weighted by Gasteiger charge is 2.03. The molecule has 2 heteroatoms. The molecule has 1 nitrogen and oxygen atoms in total. The highest BCUT2D eigenvalue weighted by molar-refractivity contribution is 5.85. The lowest BCUT2D eigenvalue weighted by atomic mass is 10.0. The van der Waals surface area contributed by atoms with E-state index in [1.165, 1.54) is 114 Å². The first-order valence-corrected chi connectivity index (χ1v) is 12.7. The van der Waals surface area contributed by atoms with Crippen LogP contribution < -0.4 is 4.90 Å². The van der Waals surface area contributed by atoms with Gasteiger partial charge in [0.15, 0.2) is 0 Å². The summed E-state index contributed by atoms with van der Waals surface area (Å²) in [6.07, 6.45) is 25.1. The molecular formula is C28H50ClN. The standard InChI is InChI=1S/C28H49N.ClH/c1-4-5-6-7-8-9-10-11-12-13-14-15-16-17-18-22-25-29(26-27(2)3)28-23-20-19-21-24-28;/h19-21,23-24,26H,4-18,22,25H2,1-3H3;1H. The second-order valence-corrected chi connectivity index (χ2v) is 9.04. The van der Waals surface area contributed by atoms with Crippen molar-refractivity contribution in [2.24, 2.45) is 0 Å². The quantitative estimate of drug-likeness (QED) is 0.195. The minimum Gasteiger partial charge on any atom is -0.348 e. The van der Waals surface area contributed by atoms with E-state index in [1.54, 1.807) is 0 Å². The van der Waals surface area contributed by atoms with Crippen LogP contribution in [0.15, 0.2) is 42.1 Å². The number of rotatable bonds is 19. The van der Waals surface area contributed by atoms with Gasteiger partial charge in [0.2, 0.25) is 0 Å². The summed E-state index contributed by atoms with van der Waals surface area (Å²) in [6, 6.07) is 10.8. The van der Waals surface area contributed by atoms with Crippen LogP contribution in [0.3, 0.4) is 0 Å². The van der Waals surface area contributed by atoms with Gasteiger partial charge in [-0.1, -0.05) is 127 Å². The van der Waals surface area contributed by atoms with Crippen molar-refractivity contribution in [3.05, 3.63) is 42.1 Å². The molecule has 0 bridgehead atoms. The Morgan fingerprint density at radius 1 is 0.633 bits per heavy atom. The minimum atomic E-state index is 0. The summed E-state index contributed by atoms with van der Waals surface area (Å²) in [5.41, 5.74) is 2.68. The molecule has 1 aromatic carbocycles. The highest BCUT2D eigenvalue weighted by Crippen LogP contribution is 2.17. The first kappa shape index (κ1) is 29.1. The number of para-hydroxylation sites is 1. The highest BCUT2D eigenvalue weighted by atomic mass is 35.5. The lowest BCUT2D eigenvalue weighted by molar-refractivity contribution is 0.530. The Morgan fingerprint density at radius 2 is 1.03 bits per heavy atom. The van der Waals surface area contributed by atoms with Gasteiger partial charge < -0.3 is 4.90 Å². The number of allylic oxidation sites excluding steroid dienone is 1. The molecule has 0 spiro atoms. The Hall–Kier alpha value is -0.950. The smallest absolute Gasteiger partial charge is 0.0406 e. The van der Waals surface area contributed by atoms with Crippen LogP contribution in [0.2, 0.25) is 0 Å². The van der Waals surface area contributed by atoms with Gasteiger partial charge in [-0.3, -0.25) is 0 Å². The average molecular weight is 436 g/mol. The van der Waals surface area contributed by atoms with Crippen LogP contribution in [0.25, 0.3) is 0 Å². The Bertz CT molecular complexity index is 493. The van der Waals surface area contributed by atoms with Crippen LogP contribution >= 0.6 is 12.4 Å². The zero-order valence-electron chi connectivity index (χ0n) is 20.3. The number of hydrogen-bond donors (Lipinski definition) is 0. The second-order valence-electron chi connectivity index (χ2n) is 9.04. The summed E-state index contributed by atoms with van der Waals surface area (Å²) >= 11 is 0. The van der Waals surface area contributed by atoms with Crippen LogP contribution in [0.5, 0.6) is 0 Å². The van der Waals surface area contributed by atoms with Crippen molar-refractivity contribution in [2.45, 2.75) is 124 Å². The molecule has 0 N–H and O–H groups in total. The van der Waals surface area contributed by atoms with Gasteiger partial charge in [-0.2, -0.15) is 0 Å². The van der Waals surface area contributed by atoms with Gasteiger partial charge in [0.1, 0.15) is 0 Å². The van der Waals surface area contributed by atoms with Gasteiger partial charge in [-0.25, -0.2) is 0 Å². The van der Waals surface area contributed by atoms with Crippen LogP contribution in [-0.4, -0.2) is 6.54 Å². The number of nitrogens with zero attached hydrogens (tertiary/aromatic N) is 1. The number of halogens is 1. The number of anilines is 1. The van der Waals surface area contributed by atoms with Crippen molar-refractivity contribution in [1.82, 2.24) is 0 Å². The zero-order chi connectivity index (χ0) is 21.0. The van der Waals surface area contributed by atoms with E-state index in [1.807, 2.05) is 0 Å². The number of benzene rings is 1. The van der Waals surface area contributed by atoms with E-state index in [2.05, 4.69) is 62.2 Å². The molecule has 174 valence electrons. The Labute approximate surface area is 195 Å². The number of hydrogen-bond acceptors (Lipinski definition) is 1. The van der Waals surface area contributed by atoms with Crippen molar-refractivity contribution < 1.29 is 0 Å². The summed E-state index contributed by atoms with van der Waals surface area (Å²) in [7, 11) is 0. The van der Waals surface area contributed by atoms with E-state index in [0.717, 1.165) is 6.54 Å². The van der Waals surface area contributed by atoms with E-state index < -0.39 is 0 Å². The fourth-order valence-electron chi connectivity index (χ4n) is 4.03. The lowest BCUT2D eigenvalue weighted by Gasteiger charge is -2.21. The first-order chi connectivity index (χ1) is 14.2. The maximum Gasteiger partial charge on any atom is 0.0406 e. The molecule has 0 atom stereocenters. The SMILES string of the molecule is CCCCCCCCCCCCCCCCCCN(C=C(C)C)c1ccccc1.Cl. The maximum absolute atomic E-state index is 2.42. The second kappa shape index (κ2) is 21.3. The molecule has 0 aliphatic carbocycles. The molecule has 0 heterocycles. The Balaban J connectivity index is 0.00000841. The topological polar surface area (TPSA) is 3.24 Å². The Kier molecular flexibility index (Phi) is 20.6.